The highest BCUT2D eigenvalue weighted by Gasteiger charge is 2.22. The van der Waals surface area contributed by atoms with Crippen LogP contribution in [0.3, 0.4) is 0 Å². The summed E-state index contributed by atoms with van der Waals surface area (Å²) >= 11 is 0. The fourth-order valence-electron chi connectivity index (χ4n) is 1.74. The Kier molecular flexibility index (Phi) is 7.18. The summed E-state index contributed by atoms with van der Waals surface area (Å²) < 4.78 is 22.1. The molecule has 0 radical (unpaired) electrons. The molecule has 0 bridgehead atoms. The summed E-state index contributed by atoms with van der Waals surface area (Å²) in [5.74, 6) is -2.85. The van der Waals surface area contributed by atoms with E-state index in [1.807, 2.05) is 0 Å². The molecule has 1 amide bonds. The maximum Gasteiger partial charge on any atom is 0.374 e. The number of benzene rings is 1. The Labute approximate surface area is 127 Å². The summed E-state index contributed by atoms with van der Waals surface area (Å²) in [5, 5.41) is 0. The largest absolute Gasteiger partial charge is 0.463 e. The second kappa shape index (κ2) is 8.89. The molecule has 0 aliphatic carbocycles. The standard InChI is InChI=1S/C15H18FNO5/c1-21-8-7-17(10-11-3-5-12(16)6-4-11)14(19)9-13(18)15(20)22-2/h3-6H,7-10H2,1-2H3. The number of halogens is 1. The zero-order valence-electron chi connectivity index (χ0n) is 12.5. The number of methoxy groups -OCH3 is 2. The number of Topliss-reactive ketones (excluding diaryl/α,β-unsaturated/α-hetero) is 1. The zero-order chi connectivity index (χ0) is 16.5. The van der Waals surface area contributed by atoms with E-state index in [0.717, 1.165) is 7.11 Å². The normalized spacial score (nSPS) is 10.1. The van der Waals surface area contributed by atoms with Crippen LogP contribution in [0.4, 0.5) is 4.39 Å². The number of nitrogens with zero attached hydrogens (tertiary/aromatic N) is 1. The lowest BCUT2D eigenvalue weighted by atomic mass is 10.2. The number of hydrogen-bond acceptors (Lipinski definition) is 5. The van der Waals surface area contributed by atoms with Crippen molar-refractivity contribution in [3.63, 3.8) is 0 Å². The SMILES string of the molecule is COCCN(Cc1ccc(F)cc1)C(=O)CC(=O)C(=O)OC. The summed E-state index contributed by atoms with van der Waals surface area (Å²) in [6, 6.07) is 5.66. The quantitative estimate of drug-likeness (QED) is 0.406. The lowest BCUT2D eigenvalue weighted by Crippen LogP contribution is -2.36. The van der Waals surface area contributed by atoms with E-state index in [1.54, 1.807) is 12.1 Å². The van der Waals surface area contributed by atoms with Crippen molar-refractivity contribution in [3.05, 3.63) is 35.6 Å². The van der Waals surface area contributed by atoms with Gasteiger partial charge in [-0.05, 0) is 17.7 Å². The molecule has 0 aliphatic rings. The highest BCUT2D eigenvalue weighted by atomic mass is 19.1. The zero-order valence-corrected chi connectivity index (χ0v) is 12.5. The van der Waals surface area contributed by atoms with Gasteiger partial charge in [-0.2, -0.15) is 0 Å². The molecule has 0 saturated heterocycles. The highest BCUT2D eigenvalue weighted by molar-refractivity contribution is 6.36. The van der Waals surface area contributed by atoms with E-state index in [4.69, 9.17) is 4.74 Å². The molecule has 0 fully saturated rings. The van der Waals surface area contributed by atoms with Crippen LogP contribution in [0, 0.1) is 5.82 Å². The molecule has 0 atom stereocenters. The number of hydrogen-bond donors (Lipinski definition) is 0. The van der Waals surface area contributed by atoms with E-state index in [1.165, 1.54) is 24.1 Å². The van der Waals surface area contributed by atoms with Crippen LogP contribution in [0.1, 0.15) is 12.0 Å². The molecule has 0 heterocycles. The third-order valence-electron chi connectivity index (χ3n) is 2.93. The van der Waals surface area contributed by atoms with Crippen molar-refractivity contribution < 1.29 is 28.2 Å². The minimum Gasteiger partial charge on any atom is -0.463 e. The Morgan fingerprint density at radius 2 is 1.77 bits per heavy atom. The van der Waals surface area contributed by atoms with E-state index in [9.17, 15) is 18.8 Å². The topological polar surface area (TPSA) is 72.9 Å². The summed E-state index contributed by atoms with van der Waals surface area (Å²) in [7, 11) is 2.56. The van der Waals surface area contributed by atoms with Crippen molar-refractivity contribution in [1.82, 2.24) is 4.90 Å². The van der Waals surface area contributed by atoms with Gasteiger partial charge >= 0.3 is 5.97 Å². The molecule has 7 heteroatoms. The van der Waals surface area contributed by atoms with Crippen molar-refractivity contribution >= 4 is 17.7 Å². The fourth-order valence-corrected chi connectivity index (χ4v) is 1.74. The second-order valence-electron chi connectivity index (χ2n) is 4.53. The lowest BCUT2D eigenvalue weighted by Gasteiger charge is -2.22. The smallest absolute Gasteiger partial charge is 0.374 e. The van der Waals surface area contributed by atoms with Gasteiger partial charge in [0.2, 0.25) is 11.7 Å². The van der Waals surface area contributed by atoms with Gasteiger partial charge in [0.25, 0.3) is 0 Å². The number of carbonyl (C=O) groups is 3. The minimum absolute atomic E-state index is 0.191. The van der Waals surface area contributed by atoms with Crippen LogP contribution in [0.15, 0.2) is 24.3 Å². The van der Waals surface area contributed by atoms with Gasteiger partial charge in [-0.15, -0.1) is 0 Å². The van der Waals surface area contributed by atoms with Crippen LogP contribution in [0.2, 0.25) is 0 Å². The summed E-state index contributed by atoms with van der Waals surface area (Å²) in [6.45, 7) is 0.720. The lowest BCUT2D eigenvalue weighted by molar-refractivity contribution is -0.153. The molecular weight excluding hydrogens is 293 g/mol. The highest BCUT2D eigenvalue weighted by Crippen LogP contribution is 2.08. The molecule has 1 aromatic carbocycles. The van der Waals surface area contributed by atoms with E-state index >= 15 is 0 Å². The van der Waals surface area contributed by atoms with Gasteiger partial charge in [-0.3, -0.25) is 9.59 Å². The molecule has 0 saturated carbocycles. The van der Waals surface area contributed by atoms with Crippen LogP contribution in [0.25, 0.3) is 0 Å². The first-order valence-electron chi connectivity index (χ1n) is 6.60. The number of ketones is 1. The van der Waals surface area contributed by atoms with Crippen molar-refractivity contribution in [3.8, 4) is 0 Å². The van der Waals surface area contributed by atoms with Crippen LogP contribution in [-0.2, 0) is 30.4 Å². The molecule has 0 unspecified atom stereocenters. The van der Waals surface area contributed by atoms with E-state index in [0.29, 0.717) is 5.56 Å². The minimum atomic E-state index is -1.05. The third kappa shape index (κ3) is 5.61. The molecule has 6 nitrogen and oxygen atoms in total. The molecule has 0 spiro atoms. The first-order valence-corrected chi connectivity index (χ1v) is 6.60. The van der Waals surface area contributed by atoms with Crippen LogP contribution in [-0.4, -0.2) is 49.9 Å². The van der Waals surface area contributed by atoms with Gasteiger partial charge in [0.1, 0.15) is 5.82 Å². The molecule has 0 N–H and O–H groups in total. The summed E-state index contributed by atoms with van der Waals surface area (Å²) in [4.78, 5) is 36.0. The maximum absolute atomic E-state index is 12.9. The number of esters is 1. The van der Waals surface area contributed by atoms with Gasteiger partial charge < -0.3 is 14.4 Å². The van der Waals surface area contributed by atoms with Crippen molar-refractivity contribution in [2.75, 3.05) is 27.4 Å². The molecule has 1 rings (SSSR count). The number of amides is 1. The van der Waals surface area contributed by atoms with Gasteiger partial charge in [-0.25, -0.2) is 9.18 Å². The van der Waals surface area contributed by atoms with Crippen LogP contribution in [0.5, 0.6) is 0 Å². The molecule has 0 aliphatic heterocycles. The molecule has 22 heavy (non-hydrogen) atoms. The first kappa shape index (κ1) is 17.8. The van der Waals surface area contributed by atoms with Gasteiger partial charge in [-0.1, -0.05) is 12.1 Å². The average Bonchev–Trinajstić information content (AvgIpc) is 2.52. The fraction of sp³-hybridized carbons (Fsp3) is 0.400. The van der Waals surface area contributed by atoms with E-state index in [-0.39, 0.29) is 25.5 Å². The van der Waals surface area contributed by atoms with Gasteiger partial charge in [0.15, 0.2) is 0 Å². The van der Waals surface area contributed by atoms with Gasteiger partial charge in [0, 0.05) is 20.2 Å². The molecule has 120 valence electrons. The van der Waals surface area contributed by atoms with Crippen molar-refractivity contribution in [1.29, 1.82) is 0 Å². The number of rotatable bonds is 8. The molecule has 1 aromatic rings. The first-order chi connectivity index (χ1) is 10.5. The van der Waals surface area contributed by atoms with Crippen LogP contribution < -0.4 is 0 Å². The second-order valence-corrected chi connectivity index (χ2v) is 4.53. The number of carbonyl (C=O) groups excluding carboxylic acids is 3. The Bertz CT molecular complexity index is 529. The Hall–Kier alpha value is -2.28. The molecular formula is C15H18FNO5. The van der Waals surface area contributed by atoms with E-state index in [2.05, 4.69) is 4.74 Å². The van der Waals surface area contributed by atoms with E-state index < -0.39 is 24.1 Å². The Morgan fingerprint density at radius 1 is 1.14 bits per heavy atom. The van der Waals surface area contributed by atoms with Crippen LogP contribution >= 0.6 is 0 Å². The third-order valence-corrected chi connectivity index (χ3v) is 2.93. The number of ether oxygens (including phenoxy) is 2. The molecule has 0 aromatic heterocycles. The van der Waals surface area contributed by atoms with Crippen molar-refractivity contribution in [2.24, 2.45) is 0 Å². The average molecular weight is 311 g/mol. The van der Waals surface area contributed by atoms with Crippen molar-refractivity contribution in [2.45, 2.75) is 13.0 Å². The predicted molar refractivity (Wildman–Crippen MR) is 75.3 cm³/mol. The maximum atomic E-state index is 12.9. The summed E-state index contributed by atoms with van der Waals surface area (Å²) in [6.07, 6.45) is -0.572. The Morgan fingerprint density at radius 3 is 2.32 bits per heavy atom. The monoisotopic (exact) mass is 311 g/mol. The predicted octanol–water partition coefficient (Wildman–Crippen LogP) is 0.933. The van der Waals surface area contributed by atoms with Gasteiger partial charge in [0.05, 0.1) is 20.1 Å². The Balaban J connectivity index is 2.74. The summed E-state index contributed by atoms with van der Waals surface area (Å²) in [5.41, 5.74) is 0.705.